The Labute approximate surface area is 160 Å². The van der Waals surface area contributed by atoms with Gasteiger partial charge in [-0.2, -0.15) is 0 Å². The molecule has 0 saturated carbocycles. The molecule has 1 unspecified atom stereocenters. The van der Waals surface area contributed by atoms with Gasteiger partial charge in [0.15, 0.2) is 0 Å². The summed E-state index contributed by atoms with van der Waals surface area (Å²) in [6.07, 6.45) is 1.63. The van der Waals surface area contributed by atoms with E-state index in [2.05, 4.69) is 5.32 Å². The first-order chi connectivity index (χ1) is 13.0. The van der Waals surface area contributed by atoms with Crippen LogP contribution in [-0.4, -0.2) is 60.5 Å². The Kier molecular flexibility index (Phi) is 7.64. The molecule has 1 heterocycles. The van der Waals surface area contributed by atoms with Crippen LogP contribution in [-0.2, 0) is 9.53 Å². The van der Waals surface area contributed by atoms with E-state index in [0.717, 1.165) is 12.8 Å². The number of anilines is 1. The number of hydrogen-bond acceptors (Lipinski definition) is 4. The van der Waals surface area contributed by atoms with Gasteiger partial charge in [0.25, 0.3) is 0 Å². The average Bonchev–Trinajstić information content (AvgIpc) is 2.69. The minimum Gasteiger partial charge on any atom is -0.462 e. The molecule has 1 aliphatic heterocycles. The van der Waals surface area contributed by atoms with Crippen molar-refractivity contribution in [3.05, 3.63) is 29.8 Å². The molecular formula is C20H29N3O4. The summed E-state index contributed by atoms with van der Waals surface area (Å²) in [6, 6.07) is 6.36. The maximum absolute atomic E-state index is 12.6. The molecule has 27 heavy (non-hydrogen) atoms. The number of hydrogen-bond donors (Lipinski definition) is 1. The molecule has 3 amide bonds. The molecule has 0 radical (unpaired) electrons. The first kappa shape index (κ1) is 20.7. The fourth-order valence-corrected chi connectivity index (χ4v) is 3.26. The summed E-state index contributed by atoms with van der Waals surface area (Å²) in [5.74, 6) is -0.406. The summed E-state index contributed by atoms with van der Waals surface area (Å²) >= 11 is 0. The van der Waals surface area contributed by atoms with Gasteiger partial charge in [0.2, 0.25) is 5.91 Å². The molecule has 0 bridgehead atoms. The number of likely N-dealkylation sites (tertiary alicyclic amines) is 1. The summed E-state index contributed by atoms with van der Waals surface area (Å²) in [5.41, 5.74) is 1.04. The van der Waals surface area contributed by atoms with Gasteiger partial charge in [-0.1, -0.05) is 0 Å². The van der Waals surface area contributed by atoms with Crippen molar-refractivity contribution < 1.29 is 19.1 Å². The zero-order valence-electron chi connectivity index (χ0n) is 16.4. The van der Waals surface area contributed by atoms with E-state index in [1.807, 2.05) is 18.7 Å². The van der Waals surface area contributed by atoms with Crippen LogP contribution in [0.5, 0.6) is 0 Å². The molecule has 1 aromatic rings. The Morgan fingerprint density at radius 1 is 1.15 bits per heavy atom. The van der Waals surface area contributed by atoms with Crippen molar-refractivity contribution in [2.75, 3.05) is 38.1 Å². The lowest BCUT2D eigenvalue weighted by molar-refractivity contribution is -0.136. The molecule has 1 fully saturated rings. The van der Waals surface area contributed by atoms with Gasteiger partial charge in [0.1, 0.15) is 0 Å². The maximum Gasteiger partial charge on any atom is 0.338 e. The van der Waals surface area contributed by atoms with Gasteiger partial charge in [-0.15, -0.1) is 0 Å². The molecule has 1 atom stereocenters. The quantitative estimate of drug-likeness (QED) is 0.775. The third-order valence-electron chi connectivity index (χ3n) is 4.78. The number of carbonyl (C=O) groups is 3. The molecule has 0 aromatic heterocycles. The summed E-state index contributed by atoms with van der Waals surface area (Å²) in [4.78, 5) is 40.3. The van der Waals surface area contributed by atoms with Crippen molar-refractivity contribution in [3.63, 3.8) is 0 Å². The second-order valence-electron chi connectivity index (χ2n) is 6.52. The van der Waals surface area contributed by atoms with Crippen molar-refractivity contribution in [3.8, 4) is 0 Å². The van der Waals surface area contributed by atoms with Crippen LogP contribution in [0.4, 0.5) is 10.5 Å². The highest BCUT2D eigenvalue weighted by atomic mass is 16.5. The van der Waals surface area contributed by atoms with Crippen LogP contribution >= 0.6 is 0 Å². The number of ether oxygens (including phenoxy) is 1. The highest BCUT2D eigenvalue weighted by Crippen LogP contribution is 2.20. The number of amides is 3. The average molecular weight is 375 g/mol. The van der Waals surface area contributed by atoms with Crippen LogP contribution in [0.25, 0.3) is 0 Å². The number of nitrogens with one attached hydrogen (secondary N) is 1. The third kappa shape index (κ3) is 5.45. The number of piperidine rings is 1. The normalized spacial score (nSPS) is 16.6. The summed E-state index contributed by atoms with van der Waals surface area (Å²) in [6.45, 7) is 8.44. The van der Waals surface area contributed by atoms with Gasteiger partial charge in [-0.05, 0) is 57.9 Å². The number of nitrogens with zero attached hydrogens (tertiary/aromatic N) is 2. The lowest BCUT2D eigenvalue weighted by Gasteiger charge is -2.34. The summed E-state index contributed by atoms with van der Waals surface area (Å²) < 4.78 is 4.95. The van der Waals surface area contributed by atoms with E-state index in [-0.39, 0.29) is 23.8 Å². The van der Waals surface area contributed by atoms with Crippen LogP contribution < -0.4 is 5.32 Å². The van der Waals surface area contributed by atoms with E-state index < -0.39 is 0 Å². The van der Waals surface area contributed by atoms with Crippen molar-refractivity contribution in [2.45, 2.75) is 33.6 Å². The fourth-order valence-electron chi connectivity index (χ4n) is 3.26. The van der Waals surface area contributed by atoms with Gasteiger partial charge in [0.05, 0.1) is 18.1 Å². The highest BCUT2D eigenvalue weighted by molar-refractivity contribution is 5.92. The van der Waals surface area contributed by atoms with Crippen molar-refractivity contribution >= 4 is 23.6 Å². The van der Waals surface area contributed by atoms with E-state index in [9.17, 15) is 14.4 Å². The monoisotopic (exact) mass is 375 g/mol. The Bertz CT molecular complexity index is 656. The zero-order chi connectivity index (χ0) is 19.8. The second-order valence-corrected chi connectivity index (χ2v) is 6.52. The smallest absolute Gasteiger partial charge is 0.338 e. The number of urea groups is 1. The Morgan fingerprint density at radius 3 is 2.41 bits per heavy atom. The molecule has 1 saturated heterocycles. The largest absolute Gasteiger partial charge is 0.462 e. The molecule has 1 aromatic carbocycles. The first-order valence-corrected chi connectivity index (χ1v) is 9.62. The summed E-state index contributed by atoms with van der Waals surface area (Å²) in [5, 5.41) is 2.84. The molecule has 148 valence electrons. The van der Waals surface area contributed by atoms with Crippen molar-refractivity contribution in [1.29, 1.82) is 0 Å². The predicted octanol–water partition coefficient (Wildman–Crippen LogP) is 2.98. The van der Waals surface area contributed by atoms with E-state index in [1.165, 1.54) is 0 Å². The zero-order valence-corrected chi connectivity index (χ0v) is 16.4. The van der Waals surface area contributed by atoms with Crippen molar-refractivity contribution in [2.24, 2.45) is 5.92 Å². The van der Waals surface area contributed by atoms with Crippen molar-refractivity contribution in [1.82, 2.24) is 9.80 Å². The predicted molar refractivity (Wildman–Crippen MR) is 104 cm³/mol. The summed E-state index contributed by atoms with van der Waals surface area (Å²) in [7, 11) is 0. The maximum atomic E-state index is 12.6. The molecule has 0 spiro atoms. The molecule has 1 N–H and O–H groups in total. The van der Waals surface area contributed by atoms with E-state index in [0.29, 0.717) is 44.0 Å². The minimum absolute atomic E-state index is 0.122. The lowest BCUT2D eigenvalue weighted by atomic mass is 9.96. The lowest BCUT2D eigenvalue weighted by Crippen LogP contribution is -2.47. The van der Waals surface area contributed by atoms with E-state index >= 15 is 0 Å². The Morgan fingerprint density at radius 2 is 1.81 bits per heavy atom. The van der Waals surface area contributed by atoms with Crippen LogP contribution in [0.1, 0.15) is 44.0 Å². The Balaban J connectivity index is 1.95. The molecular weight excluding hydrogens is 346 g/mol. The molecule has 1 aliphatic rings. The minimum atomic E-state index is -0.385. The highest BCUT2D eigenvalue weighted by Gasteiger charge is 2.30. The number of benzene rings is 1. The second kappa shape index (κ2) is 9.94. The van der Waals surface area contributed by atoms with Crippen LogP contribution in [0.2, 0.25) is 0 Å². The van der Waals surface area contributed by atoms with Crippen LogP contribution in [0.3, 0.4) is 0 Å². The first-order valence-electron chi connectivity index (χ1n) is 9.62. The van der Waals surface area contributed by atoms with Gasteiger partial charge < -0.3 is 19.9 Å². The van der Waals surface area contributed by atoms with Crippen LogP contribution in [0, 0.1) is 5.92 Å². The van der Waals surface area contributed by atoms with Gasteiger partial charge >= 0.3 is 12.0 Å². The fraction of sp³-hybridized carbons (Fsp3) is 0.550. The SMILES string of the molecule is CCOC(=O)c1ccc(NC(=O)N2CCCC(C(=O)N(CC)CC)C2)cc1. The van der Waals surface area contributed by atoms with Gasteiger partial charge in [-0.3, -0.25) is 4.79 Å². The van der Waals surface area contributed by atoms with Gasteiger partial charge in [-0.25, -0.2) is 9.59 Å². The van der Waals surface area contributed by atoms with E-state index in [4.69, 9.17) is 4.74 Å². The van der Waals surface area contributed by atoms with Crippen LogP contribution in [0.15, 0.2) is 24.3 Å². The topological polar surface area (TPSA) is 79.0 Å². The number of esters is 1. The Hall–Kier alpha value is -2.57. The standard InChI is InChI=1S/C20H29N3O4/c1-4-22(5-2)18(24)16-8-7-13-23(14-16)20(26)21-17-11-9-15(10-12-17)19(25)27-6-3/h9-12,16H,4-8,13-14H2,1-3H3,(H,21,26). The number of carbonyl (C=O) groups excluding carboxylic acids is 3. The molecule has 2 rings (SSSR count). The third-order valence-corrected chi connectivity index (χ3v) is 4.78. The molecule has 7 heteroatoms. The number of rotatable bonds is 6. The van der Waals surface area contributed by atoms with Gasteiger partial charge in [0, 0.05) is 31.9 Å². The molecule has 7 nitrogen and oxygen atoms in total. The molecule has 0 aliphatic carbocycles. The van der Waals surface area contributed by atoms with E-state index in [1.54, 1.807) is 36.1 Å².